The van der Waals surface area contributed by atoms with Crippen LogP contribution in [0.1, 0.15) is 77.7 Å². The molecule has 2 heterocycles. The highest BCUT2D eigenvalue weighted by Gasteiger charge is 2.45. The van der Waals surface area contributed by atoms with Crippen molar-refractivity contribution in [2.45, 2.75) is 113 Å². The predicted molar refractivity (Wildman–Crippen MR) is 130 cm³/mol. The summed E-state index contributed by atoms with van der Waals surface area (Å²) in [6, 6.07) is 6.85. The Balaban J connectivity index is 1.27. The van der Waals surface area contributed by atoms with Gasteiger partial charge >= 0.3 is 6.09 Å². The molecule has 0 spiro atoms. The first-order valence-corrected chi connectivity index (χ1v) is 14.4. The van der Waals surface area contributed by atoms with Gasteiger partial charge in [0.1, 0.15) is 17.4 Å². The van der Waals surface area contributed by atoms with Crippen molar-refractivity contribution in [2.24, 2.45) is 0 Å². The van der Waals surface area contributed by atoms with Gasteiger partial charge in [-0.25, -0.2) is 13.2 Å². The Hall–Kier alpha value is -2.31. The number of rotatable bonds is 5. The van der Waals surface area contributed by atoms with E-state index in [1.54, 1.807) is 6.07 Å². The first-order valence-electron chi connectivity index (χ1n) is 12.5. The Morgan fingerprint density at radius 3 is 2.14 bits per heavy atom. The Morgan fingerprint density at radius 1 is 1.00 bits per heavy atom. The zero-order valence-electron chi connectivity index (χ0n) is 21.0. The molecule has 2 atom stereocenters. The number of benzene rings is 1. The molecule has 1 aromatic carbocycles. The van der Waals surface area contributed by atoms with Gasteiger partial charge in [-0.3, -0.25) is 0 Å². The number of piperidine rings is 1. The summed E-state index contributed by atoms with van der Waals surface area (Å²) < 4.78 is 41.7. The van der Waals surface area contributed by atoms with Crippen molar-refractivity contribution in [3.8, 4) is 11.8 Å². The molecule has 35 heavy (non-hydrogen) atoms. The molecule has 2 aliphatic heterocycles. The quantitative estimate of drug-likeness (QED) is 0.577. The van der Waals surface area contributed by atoms with E-state index in [9.17, 15) is 18.5 Å². The average molecular weight is 505 g/mol. The van der Waals surface area contributed by atoms with Crippen molar-refractivity contribution in [2.75, 3.05) is 6.26 Å². The molecule has 1 aromatic rings. The van der Waals surface area contributed by atoms with E-state index in [0.717, 1.165) is 57.6 Å². The lowest BCUT2D eigenvalue weighted by molar-refractivity contribution is -0.0813. The number of amides is 1. The smallest absolute Gasteiger partial charge is 0.410 e. The van der Waals surface area contributed by atoms with E-state index in [1.165, 1.54) is 12.1 Å². The Labute approximate surface area is 208 Å². The highest BCUT2D eigenvalue weighted by Crippen LogP contribution is 2.39. The summed E-state index contributed by atoms with van der Waals surface area (Å²) in [6.45, 7) is 5.69. The van der Waals surface area contributed by atoms with Crippen LogP contribution in [0.5, 0.6) is 5.75 Å². The van der Waals surface area contributed by atoms with Gasteiger partial charge in [0.05, 0.1) is 28.8 Å². The first-order chi connectivity index (χ1) is 16.4. The summed E-state index contributed by atoms with van der Waals surface area (Å²) in [7, 11) is -3.38. The zero-order chi connectivity index (χ0) is 25.4. The van der Waals surface area contributed by atoms with Gasteiger partial charge in [0.25, 0.3) is 0 Å². The number of nitrogens with zero attached hydrogens (tertiary/aromatic N) is 2. The number of sulfone groups is 1. The molecule has 0 aromatic heterocycles. The third-order valence-electron chi connectivity index (χ3n) is 7.09. The molecule has 3 aliphatic rings. The van der Waals surface area contributed by atoms with Gasteiger partial charge in [0.15, 0.2) is 9.84 Å². The summed E-state index contributed by atoms with van der Waals surface area (Å²) in [5.41, 5.74) is -0.257. The number of carbonyl (C=O) groups excluding carboxylic acids is 1. The molecule has 1 aliphatic carbocycles. The number of hydrogen-bond acceptors (Lipinski definition) is 7. The molecular formula is C26H36N2O6S. The predicted octanol–water partition coefficient (Wildman–Crippen LogP) is 4.60. The minimum Gasteiger partial charge on any atom is -0.489 e. The van der Waals surface area contributed by atoms with Crippen LogP contribution in [0.15, 0.2) is 23.1 Å². The van der Waals surface area contributed by atoms with Gasteiger partial charge in [-0.05, 0) is 90.3 Å². The van der Waals surface area contributed by atoms with Crippen molar-refractivity contribution in [3.05, 3.63) is 23.8 Å². The lowest BCUT2D eigenvalue weighted by Gasteiger charge is -2.41. The molecule has 192 valence electrons. The Bertz CT molecular complexity index is 1070. The molecule has 0 radical (unpaired) electrons. The van der Waals surface area contributed by atoms with Crippen LogP contribution in [0, 0.1) is 11.3 Å². The summed E-state index contributed by atoms with van der Waals surface area (Å²) >= 11 is 0. The fraction of sp³-hybridized carbons (Fsp3) is 0.692. The van der Waals surface area contributed by atoms with Crippen LogP contribution in [0.4, 0.5) is 4.79 Å². The lowest BCUT2D eigenvalue weighted by atomic mass is 9.93. The van der Waals surface area contributed by atoms with Gasteiger partial charge in [-0.2, -0.15) is 5.26 Å². The normalized spacial score (nSPS) is 28.9. The van der Waals surface area contributed by atoms with Gasteiger partial charge in [-0.15, -0.1) is 0 Å². The van der Waals surface area contributed by atoms with Crippen molar-refractivity contribution >= 4 is 15.9 Å². The first kappa shape index (κ1) is 25.8. The molecule has 9 heteroatoms. The van der Waals surface area contributed by atoms with E-state index < -0.39 is 15.4 Å². The minimum atomic E-state index is -3.38. The number of carbonyl (C=O) groups is 1. The van der Waals surface area contributed by atoms with Gasteiger partial charge in [-0.1, -0.05) is 0 Å². The van der Waals surface area contributed by atoms with E-state index in [0.29, 0.717) is 5.75 Å². The summed E-state index contributed by atoms with van der Waals surface area (Å²) in [4.78, 5) is 14.7. The second-order valence-electron chi connectivity index (χ2n) is 11.1. The fourth-order valence-corrected chi connectivity index (χ4v) is 6.17. The van der Waals surface area contributed by atoms with Crippen LogP contribution in [0.25, 0.3) is 0 Å². The monoisotopic (exact) mass is 504 g/mol. The van der Waals surface area contributed by atoms with Crippen molar-refractivity contribution in [1.82, 2.24) is 4.90 Å². The highest BCUT2D eigenvalue weighted by molar-refractivity contribution is 7.90. The van der Waals surface area contributed by atoms with Crippen LogP contribution >= 0.6 is 0 Å². The van der Waals surface area contributed by atoms with Gasteiger partial charge < -0.3 is 19.1 Å². The van der Waals surface area contributed by atoms with Crippen LogP contribution < -0.4 is 4.74 Å². The maximum absolute atomic E-state index is 12.7. The number of hydrogen-bond donors (Lipinski definition) is 0. The fourth-order valence-electron chi connectivity index (χ4n) is 5.52. The van der Waals surface area contributed by atoms with Crippen LogP contribution in [0.2, 0.25) is 0 Å². The molecule has 3 fully saturated rings. The molecule has 1 amide bonds. The molecule has 1 saturated carbocycles. The maximum Gasteiger partial charge on any atom is 0.410 e. The zero-order valence-corrected chi connectivity index (χ0v) is 21.8. The van der Waals surface area contributed by atoms with Crippen molar-refractivity contribution in [3.63, 3.8) is 0 Å². The SMILES string of the molecule is CC(C)(C)OC(=O)N1C2CCC1CC(OC1CCC(Oc3ccc(S(C)(=O)=O)cc3C#N)CC1)C2. The number of nitriles is 1. The number of fused-ring (bicyclic) bond motifs is 2. The van der Waals surface area contributed by atoms with E-state index in [1.807, 2.05) is 31.7 Å². The third-order valence-corrected chi connectivity index (χ3v) is 8.20. The maximum atomic E-state index is 12.7. The molecule has 0 N–H and O–H groups in total. The topological polar surface area (TPSA) is 106 Å². The number of ether oxygens (including phenoxy) is 3. The molecule has 2 unspecified atom stereocenters. The van der Waals surface area contributed by atoms with E-state index in [-0.39, 0.29) is 46.9 Å². The minimum absolute atomic E-state index is 0.0313. The Morgan fingerprint density at radius 2 is 1.60 bits per heavy atom. The van der Waals surface area contributed by atoms with Crippen LogP contribution in [-0.2, 0) is 19.3 Å². The van der Waals surface area contributed by atoms with E-state index >= 15 is 0 Å². The average Bonchev–Trinajstić information content (AvgIpc) is 3.04. The van der Waals surface area contributed by atoms with Gasteiger partial charge in [0, 0.05) is 18.3 Å². The molecular weight excluding hydrogens is 468 g/mol. The highest BCUT2D eigenvalue weighted by atomic mass is 32.2. The van der Waals surface area contributed by atoms with Crippen molar-refractivity contribution in [1.29, 1.82) is 5.26 Å². The standard InChI is InChI=1S/C26H36N2O6S/c1-26(2,3)34-25(29)28-18-5-6-19(28)15-22(14-18)32-20-7-9-21(10-8-20)33-24-12-11-23(35(4,30)31)13-17(24)16-27/h11-13,18-22H,5-10,14-15H2,1-4H3. The van der Waals surface area contributed by atoms with E-state index in [4.69, 9.17) is 14.2 Å². The Kier molecular flexibility index (Phi) is 7.35. The summed E-state index contributed by atoms with van der Waals surface area (Å²) in [6.07, 6.45) is 8.28. The van der Waals surface area contributed by atoms with Crippen LogP contribution in [-0.4, -0.2) is 61.7 Å². The third kappa shape index (κ3) is 6.28. The summed E-state index contributed by atoms with van der Waals surface area (Å²) in [5.74, 6) is 0.426. The molecule has 8 nitrogen and oxygen atoms in total. The lowest BCUT2D eigenvalue weighted by Crippen LogP contribution is -2.50. The van der Waals surface area contributed by atoms with Crippen LogP contribution in [0.3, 0.4) is 0 Å². The second-order valence-corrected chi connectivity index (χ2v) is 13.1. The van der Waals surface area contributed by atoms with E-state index in [2.05, 4.69) is 0 Å². The largest absolute Gasteiger partial charge is 0.489 e. The molecule has 2 saturated heterocycles. The molecule has 2 bridgehead atoms. The summed E-state index contributed by atoms with van der Waals surface area (Å²) in [5, 5.41) is 9.44. The molecule has 4 rings (SSSR count). The van der Waals surface area contributed by atoms with Crippen molar-refractivity contribution < 1.29 is 27.4 Å². The second kappa shape index (κ2) is 9.98. The van der Waals surface area contributed by atoms with Gasteiger partial charge in [0.2, 0.25) is 0 Å².